The van der Waals surface area contributed by atoms with Crippen molar-refractivity contribution in [3.05, 3.63) is 11.8 Å². The van der Waals surface area contributed by atoms with Crippen LogP contribution in [-0.4, -0.2) is 38.4 Å². The molecule has 0 saturated heterocycles. The number of ether oxygens (including phenoxy) is 2. The van der Waals surface area contributed by atoms with Crippen molar-refractivity contribution < 1.29 is 37.2 Å². The molecule has 0 N–H and O–H groups in total. The van der Waals surface area contributed by atoms with Crippen molar-refractivity contribution in [1.82, 2.24) is 0 Å². The van der Waals surface area contributed by atoms with Gasteiger partial charge in [-0.15, -0.1) is 0 Å². The number of carbonyl (C=O) groups is 2. The van der Waals surface area contributed by atoms with Crippen LogP contribution in [0.2, 0.25) is 0 Å². The SMILES string of the molecule is CCOC(=O)C=C(OP(=O)(OCC)OCC)C(=O)OCC. The van der Waals surface area contributed by atoms with Gasteiger partial charge in [0.15, 0.2) is 0 Å². The van der Waals surface area contributed by atoms with Crippen LogP contribution >= 0.6 is 7.82 Å². The Labute approximate surface area is 124 Å². The zero-order chi connectivity index (χ0) is 16.3. The topological polar surface area (TPSA) is 97.4 Å². The number of hydrogen-bond acceptors (Lipinski definition) is 8. The molecule has 0 aliphatic rings. The largest absolute Gasteiger partial charge is 0.530 e. The molecule has 8 nitrogen and oxygen atoms in total. The average Bonchev–Trinajstić information content (AvgIpc) is 2.39. The van der Waals surface area contributed by atoms with E-state index in [0.29, 0.717) is 0 Å². The van der Waals surface area contributed by atoms with Gasteiger partial charge >= 0.3 is 19.8 Å². The van der Waals surface area contributed by atoms with Gasteiger partial charge in [0, 0.05) is 0 Å². The minimum absolute atomic E-state index is 0.0345. The van der Waals surface area contributed by atoms with Gasteiger partial charge in [-0.1, -0.05) is 0 Å². The normalized spacial score (nSPS) is 11.9. The van der Waals surface area contributed by atoms with Gasteiger partial charge in [0.2, 0.25) is 5.76 Å². The van der Waals surface area contributed by atoms with E-state index < -0.39 is 25.5 Å². The Morgan fingerprint density at radius 1 is 0.905 bits per heavy atom. The first-order valence-electron chi connectivity index (χ1n) is 6.56. The number of hydrogen-bond donors (Lipinski definition) is 0. The molecule has 21 heavy (non-hydrogen) atoms. The van der Waals surface area contributed by atoms with Crippen LogP contribution in [0.4, 0.5) is 0 Å². The van der Waals surface area contributed by atoms with E-state index in [1.165, 1.54) is 0 Å². The lowest BCUT2D eigenvalue weighted by Gasteiger charge is -2.17. The minimum Gasteiger partial charge on any atom is -0.463 e. The van der Waals surface area contributed by atoms with Crippen LogP contribution < -0.4 is 0 Å². The van der Waals surface area contributed by atoms with E-state index in [1.807, 2.05) is 0 Å². The Kier molecular flexibility index (Phi) is 9.69. The molecule has 0 unspecified atom stereocenters. The quantitative estimate of drug-likeness (QED) is 0.261. The monoisotopic (exact) mass is 324 g/mol. The van der Waals surface area contributed by atoms with E-state index in [9.17, 15) is 14.2 Å². The fourth-order valence-electron chi connectivity index (χ4n) is 1.14. The molecule has 0 rings (SSSR count). The summed E-state index contributed by atoms with van der Waals surface area (Å²) in [6.07, 6.45) is 0.742. The Bertz CT molecular complexity index is 407. The molecule has 0 aromatic carbocycles. The Morgan fingerprint density at radius 3 is 1.86 bits per heavy atom. The second kappa shape index (κ2) is 10.4. The van der Waals surface area contributed by atoms with Crippen LogP contribution in [0.3, 0.4) is 0 Å². The summed E-state index contributed by atoms with van der Waals surface area (Å²) in [5, 5.41) is 0. The highest BCUT2D eigenvalue weighted by atomic mass is 31.2. The molecule has 0 atom stereocenters. The predicted octanol–water partition coefficient (Wildman–Crippen LogP) is 2.19. The molecular formula is C12H21O8P. The van der Waals surface area contributed by atoms with Gasteiger partial charge in [0.25, 0.3) is 0 Å². The van der Waals surface area contributed by atoms with E-state index in [2.05, 4.69) is 4.74 Å². The Morgan fingerprint density at radius 2 is 1.43 bits per heavy atom. The Hall–Kier alpha value is -1.37. The van der Waals surface area contributed by atoms with Crippen molar-refractivity contribution in [3.8, 4) is 0 Å². The third kappa shape index (κ3) is 7.84. The van der Waals surface area contributed by atoms with Crippen LogP contribution in [0.1, 0.15) is 27.7 Å². The first kappa shape index (κ1) is 19.6. The van der Waals surface area contributed by atoms with Crippen molar-refractivity contribution >= 4 is 19.8 Å². The third-order valence-electron chi connectivity index (χ3n) is 1.80. The summed E-state index contributed by atoms with van der Waals surface area (Å²) in [7, 11) is -4.01. The second-order valence-electron chi connectivity index (χ2n) is 3.36. The van der Waals surface area contributed by atoms with Crippen LogP contribution in [0.15, 0.2) is 11.8 Å². The van der Waals surface area contributed by atoms with Gasteiger partial charge in [0.1, 0.15) is 0 Å². The summed E-state index contributed by atoms with van der Waals surface area (Å²) < 4.78 is 36.3. The molecule has 0 amide bonds. The van der Waals surface area contributed by atoms with E-state index in [4.69, 9.17) is 18.3 Å². The summed E-state index contributed by atoms with van der Waals surface area (Å²) >= 11 is 0. The molecule has 0 radical (unpaired) electrons. The minimum atomic E-state index is -4.01. The van der Waals surface area contributed by atoms with E-state index in [0.717, 1.165) is 6.08 Å². The van der Waals surface area contributed by atoms with Crippen LogP contribution in [-0.2, 0) is 37.2 Å². The number of phosphoric ester groups is 1. The number of carbonyl (C=O) groups excluding carboxylic acids is 2. The first-order chi connectivity index (χ1) is 9.92. The van der Waals surface area contributed by atoms with Crippen molar-refractivity contribution in [1.29, 1.82) is 0 Å². The Balaban J connectivity index is 5.24. The highest BCUT2D eigenvalue weighted by Crippen LogP contribution is 2.51. The molecule has 0 spiro atoms. The zero-order valence-corrected chi connectivity index (χ0v) is 13.5. The number of esters is 2. The predicted molar refractivity (Wildman–Crippen MR) is 73.3 cm³/mol. The lowest BCUT2D eigenvalue weighted by molar-refractivity contribution is -0.143. The molecule has 0 aliphatic carbocycles. The van der Waals surface area contributed by atoms with Crippen LogP contribution in [0.5, 0.6) is 0 Å². The molecule has 0 aromatic heterocycles. The third-order valence-corrected chi connectivity index (χ3v) is 3.37. The number of rotatable bonds is 10. The van der Waals surface area contributed by atoms with Crippen molar-refractivity contribution in [3.63, 3.8) is 0 Å². The maximum Gasteiger partial charge on any atom is 0.530 e. The van der Waals surface area contributed by atoms with E-state index >= 15 is 0 Å². The van der Waals surface area contributed by atoms with E-state index in [1.54, 1.807) is 27.7 Å². The van der Waals surface area contributed by atoms with Gasteiger partial charge in [-0.2, -0.15) is 0 Å². The lowest BCUT2D eigenvalue weighted by atomic mass is 10.4. The molecule has 0 bridgehead atoms. The standard InChI is InChI=1S/C12H21O8P/c1-5-16-11(13)9-10(12(14)17-6-2)20-21(15,18-7-3)19-8-4/h9H,5-8H2,1-4H3. The molecule has 122 valence electrons. The first-order valence-corrected chi connectivity index (χ1v) is 8.02. The maximum atomic E-state index is 12.2. The second-order valence-corrected chi connectivity index (χ2v) is 4.95. The van der Waals surface area contributed by atoms with E-state index in [-0.39, 0.29) is 26.4 Å². The molecule has 0 aliphatic heterocycles. The smallest absolute Gasteiger partial charge is 0.463 e. The van der Waals surface area contributed by atoms with Gasteiger partial charge in [-0.05, 0) is 27.7 Å². The molecule has 0 aromatic rings. The van der Waals surface area contributed by atoms with Crippen molar-refractivity contribution in [2.24, 2.45) is 0 Å². The number of phosphoric acid groups is 1. The zero-order valence-electron chi connectivity index (χ0n) is 12.6. The molecule has 0 saturated carbocycles. The average molecular weight is 324 g/mol. The van der Waals surface area contributed by atoms with Gasteiger partial charge in [-0.25, -0.2) is 14.2 Å². The highest BCUT2D eigenvalue weighted by molar-refractivity contribution is 7.48. The lowest BCUT2D eigenvalue weighted by Crippen LogP contribution is -2.14. The van der Waals surface area contributed by atoms with Gasteiger partial charge in [-0.3, -0.25) is 9.05 Å². The summed E-state index contributed by atoms with van der Waals surface area (Å²) in [6, 6.07) is 0. The summed E-state index contributed by atoms with van der Waals surface area (Å²) in [5.74, 6) is -2.40. The van der Waals surface area contributed by atoms with Crippen molar-refractivity contribution in [2.45, 2.75) is 27.7 Å². The fraction of sp³-hybridized carbons (Fsp3) is 0.667. The summed E-state index contributed by atoms with van der Waals surface area (Å²) in [5.41, 5.74) is 0. The van der Waals surface area contributed by atoms with Crippen LogP contribution in [0, 0.1) is 0 Å². The maximum absolute atomic E-state index is 12.2. The molecular weight excluding hydrogens is 303 g/mol. The molecule has 0 fully saturated rings. The molecule has 9 heteroatoms. The highest BCUT2D eigenvalue weighted by Gasteiger charge is 2.32. The summed E-state index contributed by atoms with van der Waals surface area (Å²) in [4.78, 5) is 23.1. The fourth-order valence-corrected chi connectivity index (χ4v) is 2.32. The van der Waals surface area contributed by atoms with Crippen LogP contribution in [0.25, 0.3) is 0 Å². The summed E-state index contributed by atoms with van der Waals surface area (Å²) in [6.45, 7) is 6.56. The molecule has 0 heterocycles. The van der Waals surface area contributed by atoms with Crippen molar-refractivity contribution in [2.75, 3.05) is 26.4 Å². The van der Waals surface area contributed by atoms with Gasteiger partial charge < -0.3 is 14.0 Å². The van der Waals surface area contributed by atoms with Gasteiger partial charge in [0.05, 0.1) is 32.5 Å².